The summed E-state index contributed by atoms with van der Waals surface area (Å²) < 4.78 is 9.44. The van der Waals surface area contributed by atoms with E-state index in [0.717, 1.165) is 66.5 Å². The van der Waals surface area contributed by atoms with Crippen LogP contribution in [0.1, 0.15) is 0 Å². The highest BCUT2D eigenvalue weighted by molar-refractivity contribution is 6.22. The van der Waals surface area contributed by atoms with Crippen molar-refractivity contribution in [2.24, 2.45) is 0 Å². The van der Waals surface area contributed by atoms with Crippen LogP contribution in [0.5, 0.6) is 0 Å². The van der Waals surface area contributed by atoms with E-state index in [9.17, 15) is 0 Å². The highest BCUT2D eigenvalue weighted by Gasteiger charge is 2.22. The predicted octanol–water partition coefficient (Wildman–Crippen LogP) is 13.8. The smallest absolute Gasteiger partial charge is 0.164 e. The number of fused-ring (bicyclic) bond motifs is 9. The molecule has 0 amide bonds. The molecule has 0 spiro atoms. The minimum Gasteiger partial charge on any atom is -0.454 e. The van der Waals surface area contributed by atoms with Crippen LogP contribution >= 0.6 is 0 Å². The van der Waals surface area contributed by atoms with Gasteiger partial charge in [0.05, 0.1) is 16.7 Å². The lowest BCUT2D eigenvalue weighted by molar-refractivity contribution is 0.666. The topological polar surface area (TPSA) is 56.7 Å². The van der Waals surface area contributed by atoms with Crippen molar-refractivity contribution in [3.05, 3.63) is 194 Å². The van der Waals surface area contributed by atoms with Crippen LogP contribution < -0.4 is 0 Å². The quantitative estimate of drug-likeness (QED) is 0.176. The molecule has 5 heteroatoms. The number of hydrogen-bond donors (Lipinski definition) is 0. The molecule has 0 atom stereocenters. The van der Waals surface area contributed by atoms with Crippen LogP contribution in [-0.4, -0.2) is 19.5 Å². The molecule has 0 saturated carbocycles. The average Bonchev–Trinajstić information content (AvgIpc) is 3.84. The number of furan rings is 1. The summed E-state index contributed by atoms with van der Waals surface area (Å²) in [5.74, 6) is 1.83. The molecule has 9 aromatic carbocycles. The van der Waals surface area contributed by atoms with Crippen LogP contribution in [0.2, 0.25) is 0 Å². The monoisotopic (exact) mass is 740 g/mol. The second kappa shape index (κ2) is 12.8. The Morgan fingerprint density at radius 2 is 0.948 bits per heavy atom. The minimum atomic E-state index is 0.585. The van der Waals surface area contributed by atoms with E-state index in [0.29, 0.717) is 17.5 Å². The first kappa shape index (κ1) is 32.4. The van der Waals surface area contributed by atoms with Crippen molar-refractivity contribution in [1.82, 2.24) is 19.5 Å². The predicted molar refractivity (Wildman–Crippen MR) is 238 cm³/mol. The zero-order chi connectivity index (χ0) is 38.2. The molecule has 0 aliphatic carbocycles. The van der Waals surface area contributed by atoms with Crippen molar-refractivity contribution in [2.45, 2.75) is 0 Å². The van der Waals surface area contributed by atoms with Gasteiger partial charge in [0.1, 0.15) is 5.58 Å². The second-order valence-corrected chi connectivity index (χ2v) is 14.8. The molecule has 5 nitrogen and oxygen atoms in total. The van der Waals surface area contributed by atoms with E-state index in [4.69, 9.17) is 19.4 Å². The Hall–Kier alpha value is -7.89. The summed E-state index contributed by atoms with van der Waals surface area (Å²) in [7, 11) is 0. The Morgan fingerprint density at radius 3 is 1.71 bits per heavy atom. The number of nitrogens with zero attached hydrogens (tertiary/aromatic N) is 4. The molecular formula is C53H32N4O. The maximum atomic E-state index is 7.05. The summed E-state index contributed by atoms with van der Waals surface area (Å²) in [6.45, 7) is 0. The first-order chi connectivity index (χ1) is 28.7. The summed E-state index contributed by atoms with van der Waals surface area (Å²) in [5.41, 5.74) is 9.78. The standard InChI is InChI=1S/C53H32N4O/c1-3-15-35(16-4-1)51-54-52(36-17-5-2-6-18-36)56-53(55-51)39-25-27-42-44-30-40(38-24-23-33-13-7-8-19-37(33)29-38)31-47(50(44)58-48(42)32-39)57-45-22-12-11-21-43(45)49-41-20-10-9-14-34(41)26-28-46(49)57/h1-32H. The first-order valence-corrected chi connectivity index (χ1v) is 19.5. The molecule has 12 rings (SSSR count). The number of aromatic nitrogens is 4. The first-order valence-electron chi connectivity index (χ1n) is 19.5. The zero-order valence-corrected chi connectivity index (χ0v) is 31.2. The molecule has 0 N–H and O–H groups in total. The van der Waals surface area contributed by atoms with Gasteiger partial charge in [0.15, 0.2) is 23.1 Å². The molecule has 0 saturated heterocycles. The van der Waals surface area contributed by atoms with E-state index in [1.54, 1.807) is 0 Å². The fraction of sp³-hybridized carbons (Fsp3) is 0. The van der Waals surface area contributed by atoms with Gasteiger partial charge in [0.25, 0.3) is 0 Å². The van der Waals surface area contributed by atoms with E-state index in [-0.39, 0.29) is 0 Å². The van der Waals surface area contributed by atoms with Crippen molar-refractivity contribution in [1.29, 1.82) is 0 Å². The third-order valence-electron chi connectivity index (χ3n) is 11.4. The zero-order valence-electron chi connectivity index (χ0n) is 31.2. The van der Waals surface area contributed by atoms with E-state index >= 15 is 0 Å². The summed E-state index contributed by atoms with van der Waals surface area (Å²) in [5, 5.41) is 9.36. The summed E-state index contributed by atoms with van der Waals surface area (Å²) in [6, 6.07) is 68.1. The minimum absolute atomic E-state index is 0.585. The highest BCUT2D eigenvalue weighted by atomic mass is 16.3. The van der Waals surface area contributed by atoms with E-state index in [2.05, 4.69) is 138 Å². The third kappa shape index (κ3) is 5.14. The lowest BCUT2D eigenvalue weighted by atomic mass is 9.98. The molecule has 12 aromatic rings. The maximum Gasteiger partial charge on any atom is 0.164 e. The molecule has 0 bridgehead atoms. The third-order valence-corrected chi connectivity index (χ3v) is 11.4. The SMILES string of the molecule is c1ccc(-c2nc(-c3ccccc3)nc(-c3ccc4c(c3)oc3c(-n5c6ccccc6c6c7ccccc7ccc65)cc(-c5ccc6ccccc6c5)cc34)n2)cc1. The van der Waals surface area contributed by atoms with E-state index in [1.807, 2.05) is 60.7 Å². The van der Waals surface area contributed by atoms with Crippen molar-refractivity contribution in [3.8, 4) is 51.0 Å². The molecule has 0 fully saturated rings. The van der Waals surface area contributed by atoms with Gasteiger partial charge in [-0.25, -0.2) is 15.0 Å². The fourth-order valence-corrected chi connectivity index (χ4v) is 8.64. The van der Waals surface area contributed by atoms with Gasteiger partial charge in [-0.3, -0.25) is 0 Å². The van der Waals surface area contributed by atoms with Crippen molar-refractivity contribution >= 4 is 65.3 Å². The van der Waals surface area contributed by atoms with Gasteiger partial charge in [0.2, 0.25) is 0 Å². The molecule has 0 aliphatic heterocycles. The molecule has 3 aromatic heterocycles. The summed E-state index contributed by atoms with van der Waals surface area (Å²) in [6.07, 6.45) is 0. The number of benzene rings is 9. The molecule has 3 heterocycles. The average molecular weight is 741 g/mol. The van der Waals surface area contributed by atoms with Crippen LogP contribution in [0.25, 0.3) is 116 Å². The second-order valence-electron chi connectivity index (χ2n) is 14.8. The molecule has 270 valence electrons. The molecule has 0 aliphatic rings. The van der Waals surface area contributed by atoms with Gasteiger partial charge in [-0.15, -0.1) is 0 Å². The Morgan fingerprint density at radius 1 is 0.345 bits per heavy atom. The molecular weight excluding hydrogens is 709 g/mol. The van der Waals surface area contributed by atoms with Crippen LogP contribution in [0.15, 0.2) is 199 Å². The lowest BCUT2D eigenvalue weighted by Gasteiger charge is -2.12. The molecule has 58 heavy (non-hydrogen) atoms. The van der Waals surface area contributed by atoms with Gasteiger partial charge >= 0.3 is 0 Å². The molecule has 0 radical (unpaired) electrons. The van der Waals surface area contributed by atoms with Crippen molar-refractivity contribution < 1.29 is 4.42 Å². The highest BCUT2D eigenvalue weighted by Crippen LogP contribution is 2.43. The Balaban J connectivity index is 1.13. The van der Waals surface area contributed by atoms with Crippen LogP contribution in [-0.2, 0) is 0 Å². The van der Waals surface area contributed by atoms with Crippen LogP contribution in [0, 0.1) is 0 Å². The van der Waals surface area contributed by atoms with Gasteiger partial charge in [-0.2, -0.15) is 0 Å². The van der Waals surface area contributed by atoms with Gasteiger partial charge in [-0.05, 0) is 75.1 Å². The largest absolute Gasteiger partial charge is 0.454 e. The van der Waals surface area contributed by atoms with Gasteiger partial charge < -0.3 is 8.98 Å². The van der Waals surface area contributed by atoms with E-state index in [1.165, 1.54) is 32.3 Å². The fourth-order valence-electron chi connectivity index (χ4n) is 8.64. The Labute approximate surface area is 333 Å². The number of hydrogen-bond acceptors (Lipinski definition) is 4. The van der Waals surface area contributed by atoms with Crippen molar-refractivity contribution in [3.63, 3.8) is 0 Å². The summed E-state index contributed by atoms with van der Waals surface area (Å²) >= 11 is 0. The summed E-state index contributed by atoms with van der Waals surface area (Å²) in [4.78, 5) is 15.0. The van der Waals surface area contributed by atoms with Crippen molar-refractivity contribution in [2.75, 3.05) is 0 Å². The Kier molecular flexibility index (Phi) is 7.16. The lowest BCUT2D eigenvalue weighted by Crippen LogP contribution is -2.00. The Bertz CT molecular complexity index is 3510. The normalized spacial score (nSPS) is 11.8. The number of rotatable bonds is 5. The van der Waals surface area contributed by atoms with Crippen LogP contribution in [0.3, 0.4) is 0 Å². The number of para-hydroxylation sites is 1. The van der Waals surface area contributed by atoms with Gasteiger partial charge in [0, 0.05) is 38.2 Å². The van der Waals surface area contributed by atoms with Crippen LogP contribution in [0.4, 0.5) is 0 Å². The molecule has 0 unspecified atom stereocenters. The van der Waals surface area contributed by atoms with E-state index < -0.39 is 0 Å². The van der Waals surface area contributed by atoms with Gasteiger partial charge in [-0.1, -0.05) is 152 Å². The maximum absolute atomic E-state index is 7.05.